The average molecular weight is 456 g/mol. The Kier molecular flexibility index (Phi) is 6.37. The molecule has 8 heteroatoms. The van der Waals surface area contributed by atoms with Gasteiger partial charge in [0.1, 0.15) is 17.7 Å². The number of imidazole rings is 1. The van der Waals surface area contributed by atoms with E-state index in [2.05, 4.69) is 11.1 Å². The van der Waals surface area contributed by atoms with E-state index in [-0.39, 0.29) is 17.6 Å². The Morgan fingerprint density at radius 3 is 2.52 bits per heavy atom. The molecule has 0 spiro atoms. The fourth-order valence-electron chi connectivity index (χ4n) is 3.46. The second-order valence-corrected chi connectivity index (χ2v) is 7.83. The topological polar surface area (TPSA) is 96.6 Å². The Balaban J connectivity index is 1.73. The predicted octanol–water partition coefficient (Wildman–Crippen LogP) is 4.27. The Morgan fingerprint density at radius 1 is 1.09 bits per heavy atom. The van der Waals surface area contributed by atoms with E-state index in [4.69, 9.17) is 21.6 Å². The Bertz CT molecular complexity index is 1440. The molecule has 0 aliphatic heterocycles. The normalized spacial score (nSPS) is 11.5. The van der Waals surface area contributed by atoms with Crippen molar-refractivity contribution in [1.82, 2.24) is 14.1 Å². The Hall–Kier alpha value is -4.17. The molecule has 0 radical (unpaired) electrons. The van der Waals surface area contributed by atoms with Gasteiger partial charge in [-0.3, -0.25) is 4.79 Å². The predicted molar refractivity (Wildman–Crippen MR) is 123 cm³/mol. The first-order valence-corrected chi connectivity index (χ1v) is 10.4. The lowest BCUT2D eigenvalue weighted by molar-refractivity contribution is 0.0609. The molecule has 0 N–H and O–H groups in total. The summed E-state index contributed by atoms with van der Waals surface area (Å²) in [6.07, 6.45) is 4.49. The third-order valence-corrected chi connectivity index (χ3v) is 5.31. The first-order chi connectivity index (χ1) is 16.0. The highest BCUT2D eigenvalue weighted by molar-refractivity contribution is 6.30. The van der Waals surface area contributed by atoms with E-state index in [9.17, 15) is 10.1 Å². The molecule has 2 aromatic carbocycles. The molecule has 0 fully saturated rings. The van der Waals surface area contributed by atoms with Crippen molar-refractivity contribution in [2.24, 2.45) is 7.05 Å². The van der Waals surface area contributed by atoms with Crippen molar-refractivity contribution < 1.29 is 4.74 Å². The van der Waals surface area contributed by atoms with Gasteiger partial charge >= 0.3 is 0 Å². The summed E-state index contributed by atoms with van der Waals surface area (Å²) in [5.41, 5.74) is 2.93. The number of aromatic nitrogens is 3. The molecule has 4 rings (SSSR count). The highest BCUT2D eigenvalue weighted by Gasteiger charge is 2.19. The van der Waals surface area contributed by atoms with Gasteiger partial charge in [0, 0.05) is 36.2 Å². The standard InChI is InChI=1S/C25H18ClN5O2/c1-30-14-23(29-16-30)25(18-7-5-17(11-27)6-8-18)33-15-22-10-24(32)19(12-28)13-31(22)21-4-2-3-20(26)9-21/h2-10,13-14,16,25H,15H2,1H3. The van der Waals surface area contributed by atoms with Crippen LogP contribution in [0.1, 0.15) is 34.2 Å². The molecule has 2 heterocycles. The van der Waals surface area contributed by atoms with Gasteiger partial charge in [0.25, 0.3) is 0 Å². The van der Waals surface area contributed by atoms with E-state index in [0.717, 1.165) is 5.56 Å². The number of halogens is 1. The van der Waals surface area contributed by atoms with Crippen molar-refractivity contribution in [2.75, 3.05) is 0 Å². The minimum absolute atomic E-state index is 0.0205. The van der Waals surface area contributed by atoms with Gasteiger partial charge in [-0.05, 0) is 35.9 Å². The van der Waals surface area contributed by atoms with Gasteiger partial charge in [0.15, 0.2) is 5.43 Å². The summed E-state index contributed by atoms with van der Waals surface area (Å²) in [6, 6.07) is 19.6. The number of ether oxygens (including phenoxy) is 1. The minimum atomic E-state index is -0.530. The molecule has 0 aliphatic rings. The van der Waals surface area contributed by atoms with Crippen LogP contribution in [0.4, 0.5) is 0 Å². The lowest BCUT2D eigenvalue weighted by atomic mass is 10.1. The zero-order valence-corrected chi connectivity index (χ0v) is 18.4. The van der Waals surface area contributed by atoms with Crippen LogP contribution in [-0.4, -0.2) is 14.1 Å². The zero-order chi connectivity index (χ0) is 23.4. The van der Waals surface area contributed by atoms with Crippen LogP contribution in [0.25, 0.3) is 5.69 Å². The van der Waals surface area contributed by atoms with Gasteiger partial charge in [-0.1, -0.05) is 29.8 Å². The second-order valence-electron chi connectivity index (χ2n) is 7.39. The fourth-order valence-corrected chi connectivity index (χ4v) is 3.64. The van der Waals surface area contributed by atoms with Crippen LogP contribution in [-0.2, 0) is 18.4 Å². The van der Waals surface area contributed by atoms with Gasteiger partial charge in [-0.2, -0.15) is 10.5 Å². The van der Waals surface area contributed by atoms with E-state index < -0.39 is 6.10 Å². The minimum Gasteiger partial charge on any atom is -0.361 e. The molecule has 1 unspecified atom stereocenters. The van der Waals surface area contributed by atoms with Crippen molar-refractivity contribution in [3.63, 3.8) is 0 Å². The number of benzene rings is 2. The van der Waals surface area contributed by atoms with Crippen molar-refractivity contribution in [1.29, 1.82) is 10.5 Å². The van der Waals surface area contributed by atoms with Crippen LogP contribution < -0.4 is 5.43 Å². The summed E-state index contributed by atoms with van der Waals surface area (Å²) in [7, 11) is 1.86. The number of nitrogens with zero attached hydrogens (tertiary/aromatic N) is 5. The Labute approximate surface area is 195 Å². The molecule has 1 atom stereocenters. The molecule has 33 heavy (non-hydrogen) atoms. The summed E-state index contributed by atoms with van der Waals surface area (Å²) < 4.78 is 9.81. The quantitative estimate of drug-likeness (QED) is 0.432. The van der Waals surface area contributed by atoms with Gasteiger partial charge in [0.05, 0.1) is 36.0 Å². The summed E-state index contributed by atoms with van der Waals surface area (Å²) in [4.78, 5) is 16.8. The highest BCUT2D eigenvalue weighted by atomic mass is 35.5. The monoisotopic (exact) mass is 455 g/mol. The lowest BCUT2D eigenvalue weighted by Gasteiger charge is -2.19. The maximum absolute atomic E-state index is 12.4. The molecular weight excluding hydrogens is 438 g/mol. The van der Waals surface area contributed by atoms with E-state index in [1.165, 1.54) is 12.3 Å². The van der Waals surface area contributed by atoms with Gasteiger partial charge < -0.3 is 13.9 Å². The Morgan fingerprint density at radius 2 is 1.88 bits per heavy atom. The molecule has 4 aromatic rings. The number of aryl methyl sites for hydroxylation is 1. The molecule has 2 aromatic heterocycles. The van der Waals surface area contributed by atoms with Crippen molar-refractivity contribution in [2.45, 2.75) is 12.7 Å². The molecule has 162 valence electrons. The molecule has 7 nitrogen and oxygen atoms in total. The lowest BCUT2D eigenvalue weighted by Crippen LogP contribution is -2.16. The first kappa shape index (κ1) is 22.0. The number of pyridine rings is 1. The molecule has 0 saturated heterocycles. The van der Waals surface area contributed by atoms with Crippen molar-refractivity contribution >= 4 is 11.6 Å². The van der Waals surface area contributed by atoms with Crippen LogP contribution in [0, 0.1) is 22.7 Å². The number of hydrogen-bond acceptors (Lipinski definition) is 5. The van der Waals surface area contributed by atoms with Crippen molar-refractivity contribution in [3.05, 3.63) is 117 Å². The van der Waals surface area contributed by atoms with Gasteiger partial charge in [0.2, 0.25) is 0 Å². The van der Waals surface area contributed by atoms with Crippen LogP contribution in [0.2, 0.25) is 5.02 Å². The van der Waals surface area contributed by atoms with Crippen LogP contribution in [0.3, 0.4) is 0 Å². The molecular formula is C25H18ClN5O2. The zero-order valence-electron chi connectivity index (χ0n) is 17.6. The third kappa shape index (κ3) is 4.86. The SMILES string of the molecule is Cn1cnc(C(OCc2cc(=O)c(C#N)cn2-c2cccc(Cl)c2)c2ccc(C#N)cc2)c1. The van der Waals surface area contributed by atoms with Gasteiger partial charge in [-0.25, -0.2) is 4.98 Å². The smallest absolute Gasteiger partial charge is 0.199 e. The maximum atomic E-state index is 12.4. The van der Waals surface area contributed by atoms with E-state index in [1.807, 2.05) is 42.1 Å². The molecule has 0 saturated carbocycles. The average Bonchev–Trinajstić information content (AvgIpc) is 3.25. The van der Waals surface area contributed by atoms with E-state index >= 15 is 0 Å². The molecule has 0 bridgehead atoms. The highest BCUT2D eigenvalue weighted by Crippen LogP contribution is 2.27. The second kappa shape index (κ2) is 9.54. The number of hydrogen-bond donors (Lipinski definition) is 0. The van der Waals surface area contributed by atoms with E-state index in [1.54, 1.807) is 41.2 Å². The maximum Gasteiger partial charge on any atom is 0.199 e. The fraction of sp³-hybridized carbons (Fsp3) is 0.120. The third-order valence-electron chi connectivity index (χ3n) is 5.07. The largest absolute Gasteiger partial charge is 0.361 e. The summed E-state index contributed by atoms with van der Waals surface area (Å²) in [5.74, 6) is 0. The number of rotatable bonds is 6. The van der Waals surface area contributed by atoms with Crippen LogP contribution in [0.5, 0.6) is 0 Å². The summed E-state index contributed by atoms with van der Waals surface area (Å²) in [5, 5.41) is 19.0. The molecule has 0 amide bonds. The van der Waals surface area contributed by atoms with Gasteiger partial charge in [-0.15, -0.1) is 0 Å². The summed E-state index contributed by atoms with van der Waals surface area (Å²) in [6.45, 7) is 0.0642. The van der Waals surface area contributed by atoms with E-state index in [0.29, 0.717) is 27.7 Å². The van der Waals surface area contributed by atoms with Crippen molar-refractivity contribution in [3.8, 4) is 17.8 Å². The molecule has 0 aliphatic carbocycles. The van der Waals surface area contributed by atoms with Crippen LogP contribution in [0.15, 0.2) is 78.1 Å². The van der Waals surface area contributed by atoms with Crippen LogP contribution >= 0.6 is 11.6 Å². The number of nitriles is 2. The summed E-state index contributed by atoms with van der Waals surface area (Å²) >= 11 is 6.16. The first-order valence-electron chi connectivity index (χ1n) is 9.99.